The van der Waals surface area contributed by atoms with Crippen LogP contribution >= 0.6 is 11.8 Å². The van der Waals surface area contributed by atoms with Crippen molar-refractivity contribution in [2.45, 2.75) is 11.4 Å². The zero-order valence-electron chi connectivity index (χ0n) is 13.8. The maximum atomic E-state index is 12.1. The van der Waals surface area contributed by atoms with Crippen LogP contribution in [0, 0.1) is 0 Å². The van der Waals surface area contributed by atoms with Crippen molar-refractivity contribution in [2.24, 2.45) is 5.73 Å². The summed E-state index contributed by atoms with van der Waals surface area (Å²) < 4.78 is 0. The lowest BCUT2D eigenvalue weighted by Gasteiger charge is -2.14. The minimum atomic E-state index is -0.482. The van der Waals surface area contributed by atoms with Crippen LogP contribution in [0.25, 0.3) is 0 Å². The summed E-state index contributed by atoms with van der Waals surface area (Å²) in [6.07, 6.45) is 2.05. The van der Waals surface area contributed by atoms with Gasteiger partial charge in [0.25, 0.3) is 5.91 Å². The molecule has 1 atom stereocenters. The number of quaternary nitrogens is 1. The van der Waals surface area contributed by atoms with E-state index in [4.69, 9.17) is 5.73 Å². The lowest BCUT2D eigenvalue weighted by molar-refractivity contribution is -0.885. The third-order valence-corrected chi connectivity index (χ3v) is 4.32. The van der Waals surface area contributed by atoms with Crippen molar-refractivity contribution in [3.8, 4) is 0 Å². The highest BCUT2D eigenvalue weighted by Gasteiger charge is 2.11. The zero-order chi connectivity index (χ0) is 17.5. The van der Waals surface area contributed by atoms with Crippen molar-refractivity contribution in [3.05, 3.63) is 59.7 Å². The highest BCUT2D eigenvalue weighted by molar-refractivity contribution is 7.98. The number of anilines is 1. The van der Waals surface area contributed by atoms with E-state index in [0.717, 1.165) is 11.4 Å². The highest BCUT2D eigenvalue weighted by atomic mass is 32.2. The number of hydrogen-bond donors (Lipinski definition) is 3. The molecule has 0 aliphatic carbocycles. The van der Waals surface area contributed by atoms with E-state index in [9.17, 15) is 9.59 Å². The van der Waals surface area contributed by atoms with Crippen LogP contribution < -0.4 is 16.0 Å². The maximum Gasteiger partial charge on any atom is 0.279 e. The second-order valence-corrected chi connectivity index (χ2v) is 6.53. The second kappa shape index (κ2) is 8.52. The summed E-state index contributed by atoms with van der Waals surface area (Å²) in [4.78, 5) is 25.5. The molecule has 0 aromatic heterocycles. The number of benzene rings is 2. The average molecular weight is 344 g/mol. The van der Waals surface area contributed by atoms with Gasteiger partial charge in [-0.1, -0.05) is 12.1 Å². The molecular weight excluding hydrogens is 322 g/mol. The van der Waals surface area contributed by atoms with Gasteiger partial charge in [0.05, 0.1) is 7.05 Å². The summed E-state index contributed by atoms with van der Waals surface area (Å²) in [6, 6.07) is 14.9. The minimum absolute atomic E-state index is 0.0694. The molecule has 1 unspecified atom stereocenters. The molecule has 0 saturated heterocycles. The van der Waals surface area contributed by atoms with Gasteiger partial charge in [-0.05, 0) is 42.7 Å². The molecule has 0 aliphatic rings. The highest BCUT2D eigenvalue weighted by Crippen LogP contribution is 2.14. The summed E-state index contributed by atoms with van der Waals surface area (Å²) >= 11 is 1.71. The van der Waals surface area contributed by atoms with Gasteiger partial charge < -0.3 is 16.0 Å². The third kappa shape index (κ3) is 5.40. The van der Waals surface area contributed by atoms with Crippen LogP contribution in [0.2, 0.25) is 0 Å². The summed E-state index contributed by atoms with van der Waals surface area (Å²) in [7, 11) is 1.98. The SMILES string of the molecule is CSc1ccc(C[NH+](C)CC(=O)Nc2ccc(C(N)=O)cc2)cc1. The van der Waals surface area contributed by atoms with E-state index >= 15 is 0 Å². The van der Waals surface area contributed by atoms with Crippen LogP contribution in [0.4, 0.5) is 5.69 Å². The van der Waals surface area contributed by atoms with Gasteiger partial charge in [-0.2, -0.15) is 0 Å². The van der Waals surface area contributed by atoms with Crippen molar-refractivity contribution in [1.29, 1.82) is 0 Å². The largest absolute Gasteiger partial charge is 0.366 e. The van der Waals surface area contributed by atoms with Gasteiger partial charge in [-0.15, -0.1) is 11.8 Å². The van der Waals surface area contributed by atoms with Crippen LogP contribution in [0.1, 0.15) is 15.9 Å². The molecule has 4 N–H and O–H groups in total. The summed E-state index contributed by atoms with van der Waals surface area (Å²) in [5, 5.41) is 2.83. The predicted octanol–water partition coefficient (Wildman–Crippen LogP) is 1.16. The standard InChI is InChI=1S/C18H21N3O2S/c1-21(11-13-3-9-16(24-2)10-4-13)12-17(22)20-15-7-5-14(6-8-15)18(19)23/h3-10H,11-12H2,1-2H3,(H2,19,23)(H,20,22)/p+1. The number of amides is 2. The normalized spacial score (nSPS) is 11.8. The van der Waals surface area contributed by atoms with Crippen LogP contribution in [0.5, 0.6) is 0 Å². The number of primary amides is 1. The number of nitrogens with two attached hydrogens (primary N) is 1. The fourth-order valence-electron chi connectivity index (χ4n) is 2.35. The van der Waals surface area contributed by atoms with E-state index in [1.54, 1.807) is 36.0 Å². The minimum Gasteiger partial charge on any atom is -0.366 e. The molecule has 24 heavy (non-hydrogen) atoms. The molecule has 0 radical (unpaired) electrons. The smallest absolute Gasteiger partial charge is 0.279 e. The van der Waals surface area contributed by atoms with Crippen LogP contribution in [-0.4, -0.2) is 31.7 Å². The first-order chi connectivity index (χ1) is 11.5. The molecule has 2 amide bonds. The van der Waals surface area contributed by atoms with Gasteiger partial charge in [0.1, 0.15) is 6.54 Å². The number of thioether (sulfide) groups is 1. The molecule has 0 saturated carbocycles. The Bertz CT molecular complexity index is 699. The molecule has 2 rings (SSSR count). The topological polar surface area (TPSA) is 76.6 Å². The first-order valence-corrected chi connectivity index (χ1v) is 8.84. The Labute approximate surface area is 146 Å². The predicted molar refractivity (Wildman–Crippen MR) is 97.3 cm³/mol. The zero-order valence-corrected chi connectivity index (χ0v) is 14.7. The Kier molecular flexibility index (Phi) is 6.40. The molecular formula is C18H22N3O2S+. The Hall–Kier alpha value is -2.31. The number of carbonyl (C=O) groups excluding carboxylic acids is 2. The van der Waals surface area contributed by atoms with Gasteiger partial charge in [0.2, 0.25) is 5.91 Å². The third-order valence-electron chi connectivity index (χ3n) is 3.58. The van der Waals surface area contributed by atoms with E-state index in [1.165, 1.54) is 10.5 Å². The van der Waals surface area contributed by atoms with Crippen molar-refractivity contribution >= 4 is 29.3 Å². The monoisotopic (exact) mass is 344 g/mol. The fourth-order valence-corrected chi connectivity index (χ4v) is 2.76. The number of rotatable bonds is 7. The molecule has 5 nitrogen and oxygen atoms in total. The lowest BCUT2D eigenvalue weighted by Crippen LogP contribution is -3.08. The number of hydrogen-bond acceptors (Lipinski definition) is 3. The fraction of sp³-hybridized carbons (Fsp3) is 0.222. The first-order valence-electron chi connectivity index (χ1n) is 7.62. The molecule has 0 heterocycles. The number of likely N-dealkylation sites (N-methyl/N-ethyl adjacent to an activating group) is 1. The van der Waals surface area contributed by atoms with E-state index in [-0.39, 0.29) is 5.91 Å². The molecule has 2 aromatic carbocycles. The average Bonchev–Trinajstić information content (AvgIpc) is 2.55. The molecule has 0 bridgehead atoms. The van der Waals surface area contributed by atoms with Gasteiger partial charge in [-0.3, -0.25) is 9.59 Å². The number of carbonyl (C=O) groups is 2. The molecule has 0 spiro atoms. The van der Waals surface area contributed by atoms with E-state index in [1.807, 2.05) is 13.3 Å². The number of nitrogens with one attached hydrogen (secondary N) is 2. The molecule has 6 heteroatoms. The molecule has 126 valence electrons. The van der Waals surface area contributed by atoms with E-state index in [2.05, 4.69) is 29.6 Å². The molecule has 0 fully saturated rings. The van der Waals surface area contributed by atoms with Gasteiger partial charge in [0.15, 0.2) is 6.54 Å². The summed E-state index contributed by atoms with van der Waals surface area (Å²) in [6.45, 7) is 1.14. The van der Waals surface area contributed by atoms with Gasteiger partial charge in [0, 0.05) is 21.7 Å². The van der Waals surface area contributed by atoms with E-state index < -0.39 is 5.91 Å². The summed E-state index contributed by atoms with van der Waals surface area (Å²) in [5.74, 6) is -0.551. The Morgan fingerprint density at radius 3 is 2.25 bits per heavy atom. The Balaban J connectivity index is 1.85. The van der Waals surface area contributed by atoms with Crippen molar-refractivity contribution in [2.75, 3.05) is 25.2 Å². The Morgan fingerprint density at radius 1 is 1.08 bits per heavy atom. The second-order valence-electron chi connectivity index (χ2n) is 5.65. The van der Waals surface area contributed by atoms with Crippen molar-refractivity contribution in [3.63, 3.8) is 0 Å². The van der Waals surface area contributed by atoms with E-state index in [0.29, 0.717) is 17.8 Å². The lowest BCUT2D eigenvalue weighted by atomic mass is 10.2. The first kappa shape index (κ1) is 18.0. The maximum absolute atomic E-state index is 12.1. The van der Waals surface area contributed by atoms with Crippen molar-refractivity contribution < 1.29 is 14.5 Å². The molecule has 0 aliphatic heterocycles. The quantitative estimate of drug-likeness (QED) is 0.660. The Morgan fingerprint density at radius 2 is 1.71 bits per heavy atom. The van der Waals surface area contributed by atoms with Gasteiger partial charge in [-0.25, -0.2) is 0 Å². The van der Waals surface area contributed by atoms with Crippen LogP contribution in [0.15, 0.2) is 53.4 Å². The summed E-state index contributed by atoms with van der Waals surface area (Å²) in [5.41, 5.74) is 7.47. The van der Waals surface area contributed by atoms with Gasteiger partial charge >= 0.3 is 0 Å². The van der Waals surface area contributed by atoms with Crippen LogP contribution in [-0.2, 0) is 11.3 Å². The molecule has 2 aromatic rings. The van der Waals surface area contributed by atoms with Crippen molar-refractivity contribution in [1.82, 2.24) is 0 Å². The van der Waals surface area contributed by atoms with Crippen LogP contribution in [0.3, 0.4) is 0 Å².